The van der Waals surface area contributed by atoms with Crippen LogP contribution in [0.3, 0.4) is 0 Å². The van der Waals surface area contributed by atoms with Crippen LogP contribution in [0.15, 0.2) is 28.7 Å². The Morgan fingerprint density at radius 3 is 2.27 bits per heavy atom. The highest BCUT2D eigenvalue weighted by molar-refractivity contribution is 6.27. The second kappa shape index (κ2) is 3.90. The van der Waals surface area contributed by atoms with Crippen LogP contribution >= 0.6 is 11.6 Å². The normalized spacial score (nSPS) is 10.3. The molecule has 0 aliphatic carbocycles. The lowest BCUT2D eigenvalue weighted by molar-refractivity contribution is 0.571. The van der Waals surface area contributed by atoms with Gasteiger partial charge in [-0.25, -0.2) is 0 Å². The quantitative estimate of drug-likeness (QED) is 0.784. The monoisotopic (exact) mass is 223 g/mol. The molecule has 0 aliphatic rings. The molecule has 0 amide bonds. The smallest absolute Gasteiger partial charge is 0.313 e. The van der Waals surface area contributed by atoms with Gasteiger partial charge in [0.05, 0.1) is 0 Å². The Morgan fingerprint density at radius 2 is 1.80 bits per heavy atom. The molecule has 0 N–H and O–H groups in total. The molecule has 4 nitrogen and oxygen atoms in total. The minimum atomic E-state index is 0.0571. The van der Waals surface area contributed by atoms with E-state index in [-0.39, 0.29) is 5.35 Å². The Labute approximate surface area is 92.5 Å². The van der Waals surface area contributed by atoms with E-state index in [2.05, 4.69) is 10.2 Å². The van der Waals surface area contributed by atoms with E-state index in [0.29, 0.717) is 5.89 Å². The van der Waals surface area contributed by atoms with E-state index >= 15 is 0 Å². The van der Waals surface area contributed by atoms with Crippen LogP contribution in [-0.4, -0.2) is 24.3 Å². The van der Waals surface area contributed by atoms with Crippen LogP contribution in [0.2, 0.25) is 5.35 Å². The van der Waals surface area contributed by atoms with Crippen LogP contribution in [-0.2, 0) is 0 Å². The molecule has 1 heterocycles. The number of anilines is 1. The molecular weight excluding hydrogens is 214 g/mol. The summed E-state index contributed by atoms with van der Waals surface area (Å²) >= 11 is 5.54. The summed E-state index contributed by atoms with van der Waals surface area (Å²) in [6, 6.07) is 7.79. The first-order valence-electron chi connectivity index (χ1n) is 4.43. The highest BCUT2D eigenvalue weighted by atomic mass is 35.5. The van der Waals surface area contributed by atoms with E-state index in [0.717, 1.165) is 11.3 Å². The fraction of sp³-hybridized carbons (Fsp3) is 0.200. The zero-order chi connectivity index (χ0) is 10.8. The van der Waals surface area contributed by atoms with Crippen molar-refractivity contribution in [2.24, 2.45) is 0 Å². The van der Waals surface area contributed by atoms with Gasteiger partial charge in [-0.2, -0.15) is 0 Å². The Bertz CT molecular complexity index is 450. The Kier molecular flexibility index (Phi) is 2.60. The largest absolute Gasteiger partial charge is 0.407 e. The van der Waals surface area contributed by atoms with E-state index in [9.17, 15) is 0 Å². The van der Waals surface area contributed by atoms with Crippen molar-refractivity contribution < 1.29 is 4.42 Å². The average molecular weight is 224 g/mol. The topological polar surface area (TPSA) is 42.2 Å². The minimum Gasteiger partial charge on any atom is -0.407 e. The Morgan fingerprint density at radius 1 is 1.13 bits per heavy atom. The predicted molar refractivity (Wildman–Crippen MR) is 59.1 cm³/mol. The van der Waals surface area contributed by atoms with Crippen molar-refractivity contribution in [3.63, 3.8) is 0 Å². The van der Waals surface area contributed by atoms with Crippen molar-refractivity contribution in [1.82, 2.24) is 10.2 Å². The summed E-state index contributed by atoms with van der Waals surface area (Å²) in [4.78, 5) is 2.02. The molecule has 2 aromatic rings. The van der Waals surface area contributed by atoms with E-state index in [4.69, 9.17) is 16.0 Å². The molecule has 15 heavy (non-hydrogen) atoms. The molecule has 0 radical (unpaired) electrons. The van der Waals surface area contributed by atoms with E-state index in [1.807, 2.05) is 43.3 Å². The van der Waals surface area contributed by atoms with Gasteiger partial charge in [0.1, 0.15) is 0 Å². The zero-order valence-electron chi connectivity index (χ0n) is 8.44. The maximum atomic E-state index is 5.54. The molecule has 0 saturated carbocycles. The molecule has 1 aromatic heterocycles. The third-order valence-electron chi connectivity index (χ3n) is 2.03. The predicted octanol–water partition coefficient (Wildman–Crippen LogP) is 2.46. The van der Waals surface area contributed by atoms with Crippen LogP contribution < -0.4 is 4.90 Å². The lowest BCUT2D eigenvalue weighted by Gasteiger charge is -2.11. The van der Waals surface area contributed by atoms with Crippen LogP contribution in [0.5, 0.6) is 0 Å². The highest BCUT2D eigenvalue weighted by Crippen LogP contribution is 2.22. The molecule has 5 heteroatoms. The first-order chi connectivity index (χ1) is 7.16. The van der Waals surface area contributed by atoms with Crippen LogP contribution in [0.4, 0.5) is 5.69 Å². The minimum absolute atomic E-state index is 0.0571. The van der Waals surface area contributed by atoms with Gasteiger partial charge in [0.15, 0.2) is 0 Å². The van der Waals surface area contributed by atoms with Crippen LogP contribution in [0, 0.1) is 0 Å². The molecular formula is C10H10ClN3O. The van der Waals surface area contributed by atoms with E-state index < -0.39 is 0 Å². The molecule has 0 spiro atoms. The average Bonchev–Trinajstić information content (AvgIpc) is 2.65. The third-order valence-corrected chi connectivity index (χ3v) is 2.18. The van der Waals surface area contributed by atoms with Crippen molar-refractivity contribution in [2.75, 3.05) is 19.0 Å². The summed E-state index contributed by atoms with van der Waals surface area (Å²) in [6.07, 6.45) is 0. The number of halogens is 1. The molecule has 0 unspecified atom stereocenters. The molecule has 78 valence electrons. The maximum Gasteiger partial charge on any atom is 0.313 e. The number of hydrogen-bond acceptors (Lipinski definition) is 4. The first kappa shape index (κ1) is 9.98. The molecule has 0 bridgehead atoms. The maximum absolute atomic E-state index is 5.54. The van der Waals surface area contributed by atoms with Gasteiger partial charge < -0.3 is 9.32 Å². The number of rotatable bonds is 2. The van der Waals surface area contributed by atoms with Crippen molar-refractivity contribution in [3.8, 4) is 11.5 Å². The Balaban J connectivity index is 2.31. The third kappa shape index (κ3) is 2.10. The molecule has 0 fully saturated rings. The highest BCUT2D eigenvalue weighted by Gasteiger charge is 2.06. The van der Waals surface area contributed by atoms with E-state index in [1.54, 1.807) is 0 Å². The van der Waals surface area contributed by atoms with Gasteiger partial charge in [0.2, 0.25) is 5.89 Å². The zero-order valence-corrected chi connectivity index (χ0v) is 9.19. The van der Waals surface area contributed by atoms with Gasteiger partial charge in [0.25, 0.3) is 0 Å². The number of hydrogen-bond donors (Lipinski definition) is 0. The van der Waals surface area contributed by atoms with Gasteiger partial charge >= 0.3 is 5.35 Å². The first-order valence-corrected chi connectivity index (χ1v) is 4.81. The molecule has 2 rings (SSSR count). The fourth-order valence-corrected chi connectivity index (χ4v) is 1.34. The number of aromatic nitrogens is 2. The molecule has 0 atom stereocenters. The summed E-state index contributed by atoms with van der Waals surface area (Å²) in [7, 11) is 3.97. The van der Waals surface area contributed by atoms with Crippen molar-refractivity contribution >= 4 is 17.3 Å². The van der Waals surface area contributed by atoms with Gasteiger partial charge in [-0.1, -0.05) is 5.10 Å². The standard InChI is InChI=1S/C10H10ClN3O/c1-14(2)8-5-3-7(4-6-8)9-12-13-10(11)15-9/h3-6H,1-2H3. The summed E-state index contributed by atoms with van der Waals surface area (Å²) < 4.78 is 5.10. The van der Waals surface area contributed by atoms with Gasteiger partial charge in [0, 0.05) is 25.3 Å². The fourth-order valence-electron chi connectivity index (χ4n) is 1.22. The lowest BCUT2D eigenvalue weighted by Crippen LogP contribution is -2.07. The van der Waals surface area contributed by atoms with Crippen molar-refractivity contribution in [3.05, 3.63) is 29.6 Å². The molecule has 0 aliphatic heterocycles. The SMILES string of the molecule is CN(C)c1ccc(-c2nnc(Cl)o2)cc1. The van der Waals surface area contributed by atoms with Crippen molar-refractivity contribution in [2.45, 2.75) is 0 Å². The van der Waals surface area contributed by atoms with Crippen molar-refractivity contribution in [1.29, 1.82) is 0 Å². The second-order valence-corrected chi connectivity index (χ2v) is 3.62. The van der Waals surface area contributed by atoms with Gasteiger partial charge in [-0.15, -0.1) is 5.10 Å². The summed E-state index contributed by atoms with van der Waals surface area (Å²) in [5.74, 6) is 0.435. The van der Waals surface area contributed by atoms with E-state index in [1.165, 1.54) is 0 Å². The Hall–Kier alpha value is -1.55. The molecule has 1 aromatic carbocycles. The lowest BCUT2D eigenvalue weighted by atomic mass is 10.2. The number of benzene rings is 1. The van der Waals surface area contributed by atoms with Crippen LogP contribution in [0.25, 0.3) is 11.5 Å². The van der Waals surface area contributed by atoms with Gasteiger partial charge in [-0.05, 0) is 35.9 Å². The van der Waals surface area contributed by atoms with Crippen LogP contribution in [0.1, 0.15) is 0 Å². The second-order valence-electron chi connectivity index (χ2n) is 3.30. The summed E-state index contributed by atoms with van der Waals surface area (Å²) in [5, 5.41) is 7.44. The summed E-state index contributed by atoms with van der Waals surface area (Å²) in [5.41, 5.74) is 1.98. The summed E-state index contributed by atoms with van der Waals surface area (Å²) in [6.45, 7) is 0. The number of nitrogens with zero attached hydrogens (tertiary/aromatic N) is 3. The van der Waals surface area contributed by atoms with Gasteiger partial charge in [-0.3, -0.25) is 0 Å². The molecule has 0 saturated heterocycles.